The van der Waals surface area contributed by atoms with Gasteiger partial charge >= 0.3 is 0 Å². The Labute approximate surface area is 132 Å². The van der Waals surface area contributed by atoms with E-state index in [9.17, 15) is 9.59 Å². The zero-order chi connectivity index (χ0) is 16.1. The van der Waals surface area contributed by atoms with Gasteiger partial charge in [-0.1, -0.05) is 38.1 Å². The fourth-order valence-corrected chi connectivity index (χ4v) is 2.44. The highest BCUT2D eigenvalue weighted by molar-refractivity contribution is 5.88. The van der Waals surface area contributed by atoms with Crippen LogP contribution in [-0.2, 0) is 16.0 Å². The number of carbonyl (C=O) groups is 2. The average Bonchev–Trinajstić information content (AvgIpc) is 3.27. The lowest BCUT2D eigenvalue weighted by Gasteiger charge is -2.14. The van der Waals surface area contributed by atoms with Crippen molar-refractivity contribution >= 4 is 11.8 Å². The van der Waals surface area contributed by atoms with E-state index in [-0.39, 0.29) is 24.3 Å². The van der Waals surface area contributed by atoms with E-state index < -0.39 is 0 Å². The second-order valence-corrected chi connectivity index (χ2v) is 6.62. The van der Waals surface area contributed by atoms with Gasteiger partial charge < -0.3 is 10.6 Å². The van der Waals surface area contributed by atoms with Gasteiger partial charge in [-0.25, -0.2) is 0 Å². The van der Waals surface area contributed by atoms with Crippen molar-refractivity contribution < 1.29 is 9.59 Å². The molecule has 0 aliphatic heterocycles. The molecule has 1 aliphatic rings. The zero-order valence-electron chi connectivity index (χ0n) is 13.7. The van der Waals surface area contributed by atoms with Gasteiger partial charge in [-0.3, -0.25) is 9.59 Å². The first kappa shape index (κ1) is 16.5. The van der Waals surface area contributed by atoms with Crippen molar-refractivity contribution in [1.82, 2.24) is 10.6 Å². The van der Waals surface area contributed by atoms with Gasteiger partial charge in [0.15, 0.2) is 0 Å². The Morgan fingerprint density at radius 3 is 2.59 bits per heavy atom. The third-order valence-corrected chi connectivity index (χ3v) is 3.85. The fourth-order valence-electron chi connectivity index (χ4n) is 2.44. The largest absolute Gasteiger partial charge is 0.352 e. The lowest BCUT2D eigenvalue weighted by Crippen LogP contribution is -2.39. The van der Waals surface area contributed by atoms with Crippen LogP contribution < -0.4 is 10.6 Å². The maximum atomic E-state index is 12.2. The first-order chi connectivity index (χ1) is 10.5. The number of benzene rings is 1. The van der Waals surface area contributed by atoms with Crippen molar-refractivity contribution in [2.75, 3.05) is 6.54 Å². The van der Waals surface area contributed by atoms with Crippen molar-refractivity contribution in [3.8, 4) is 0 Å². The van der Waals surface area contributed by atoms with Crippen LogP contribution >= 0.6 is 0 Å². The quantitative estimate of drug-likeness (QED) is 0.812. The Morgan fingerprint density at radius 2 is 1.95 bits per heavy atom. The summed E-state index contributed by atoms with van der Waals surface area (Å²) in [5.41, 5.74) is 2.25. The van der Waals surface area contributed by atoms with Gasteiger partial charge in [0.2, 0.25) is 11.8 Å². The van der Waals surface area contributed by atoms with Gasteiger partial charge in [0.05, 0.1) is 12.5 Å². The molecule has 0 radical (unpaired) electrons. The molecule has 1 aromatic carbocycles. The number of nitrogens with one attached hydrogen (secondary N) is 2. The summed E-state index contributed by atoms with van der Waals surface area (Å²) in [5.74, 6) is 0.135. The Hall–Kier alpha value is -1.84. The highest BCUT2D eigenvalue weighted by atomic mass is 16.2. The van der Waals surface area contributed by atoms with E-state index in [1.54, 1.807) is 0 Å². The lowest BCUT2D eigenvalue weighted by molar-refractivity contribution is -0.126. The zero-order valence-corrected chi connectivity index (χ0v) is 13.7. The van der Waals surface area contributed by atoms with Crippen LogP contribution in [0.5, 0.6) is 0 Å². The van der Waals surface area contributed by atoms with Gasteiger partial charge in [0, 0.05) is 6.04 Å². The number of amides is 2. The van der Waals surface area contributed by atoms with Crippen molar-refractivity contribution in [3.63, 3.8) is 0 Å². The van der Waals surface area contributed by atoms with E-state index in [2.05, 4.69) is 36.6 Å². The smallest absolute Gasteiger partial charge is 0.239 e. The molecule has 4 heteroatoms. The molecule has 0 aromatic heterocycles. The first-order valence-electron chi connectivity index (χ1n) is 8.11. The van der Waals surface area contributed by atoms with Crippen LogP contribution in [-0.4, -0.2) is 24.4 Å². The first-order valence-corrected chi connectivity index (χ1v) is 8.11. The van der Waals surface area contributed by atoms with Gasteiger partial charge in [-0.2, -0.15) is 0 Å². The third kappa shape index (κ3) is 5.17. The summed E-state index contributed by atoms with van der Waals surface area (Å²) in [5, 5.41) is 5.59. The van der Waals surface area contributed by atoms with E-state index >= 15 is 0 Å². The molecule has 1 fully saturated rings. The minimum atomic E-state index is -0.249. The normalized spacial score (nSPS) is 15.5. The number of hydrogen-bond donors (Lipinski definition) is 2. The Bertz CT molecular complexity index is 536. The van der Waals surface area contributed by atoms with Crippen molar-refractivity contribution in [2.45, 2.75) is 52.0 Å². The van der Waals surface area contributed by atoms with E-state index in [0.717, 1.165) is 24.8 Å². The van der Waals surface area contributed by atoms with E-state index in [4.69, 9.17) is 0 Å². The summed E-state index contributed by atoms with van der Waals surface area (Å²) in [6.45, 7) is 6.30. The molecule has 0 heterocycles. The molecule has 2 amide bonds. The van der Waals surface area contributed by atoms with Crippen molar-refractivity contribution in [1.29, 1.82) is 0 Å². The number of carbonyl (C=O) groups excluding carboxylic acids is 2. The molecule has 0 unspecified atom stereocenters. The van der Waals surface area contributed by atoms with Crippen molar-refractivity contribution in [2.24, 2.45) is 5.92 Å². The molecule has 0 bridgehead atoms. The monoisotopic (exact) mass is 302 g/mol. The van der Waals surface area contributed by atoms with Crippen LogP contribution in [0.15, 0.2) is 24.3 Å². The molecule has 22 heavy (non-hydrogen) atoms. The number of rotatable bonds is 7. The maximum absolute atomic E-state index is 12.2. The molecular weight excluding hydrogens is 276 g/mol. The summed E-state index contributed by atoms with van der Waals surface area (Å²) < 4.78 is 0. The topological polar surface area (TPSA) is 58.2 Å². The number of hydrogen-bond acceptors (Lipinski definition) is 2. The Balaban J connectivity index is 1.87. The van der Waals surface area contributed by atoms with Gasteiger partial charge in [0.1, 0.15) is 0 Å². The standard InChI is InChI=1S/C18H26N2O2/c1-12(2)9-14-5-4-6-15(10-14)13(3)18(22)19-11-17(21)20-16-7-8-16/h4-6,10,12-13,16H,7-9,11H2,1-3H3,(H,19,22)(H,20,21)/t13-/m0/s1. The molecule has 1 saturated carbocycles. The summed E-state index contributed by atoms with van der Waals surface area (Å²) in [7, 11) is 0. The van der Waals surface area contributed by atoms with Crippen LogP contribution in [0.3, 0.4) is 0 Å². The van der Waals surface area contributed by atoms with Gasteiger partial charge in [-0.15, -0.1) is 0 Å². The summed E-state index contributed by atoms with van der Waals surface area (Å²) in [4.78, 5) is 23.8. The van der Waals surface area contributed by atoms with E-state index in [1.807, 2.05) is 19.1 Å². The SMILES string of the molecule is CC(C)Cc1cccc([C@H](C)C(=O)NCC(=O)NC2CC2)c1. The maximum Gasteiger partial charge on any atom is 0.239 e. The summed E-state index contributed by atoms with van der Waals surface area (Å²) in [6, 6.07) is 8.48. The minimum absolute atomic E-state index is 0.0609. The van der Waals surface area contributed by atoms with Crippen LogP contribution in [0, 0.1) is 5.92 Å². The fraction of sp³-hybridized carbons (Fsp3) is 0.556. The highest BCUT2D eigenvalue weighted by Crippen LogP contribution is 2.19. The predicted octanol–water partition coefficient (Wildman–Crippen LogP) is 2.38. The van der Waals surface area contributed by atoms with Crippen LogP contribution in [0.4, 0.5) is 0 Å². The second-order valence-electron chi connectivity index (χ2n) is 6.62. The Morgan fingerprint density at radius 1 is 1.23 bits per heavy atom. The molecule has 4 nitrogen and oxygen atoms in total. The third-order valence-electron chi connectivity index (χ3n) is 3.85. The predicted molar refractivity (Wildman–Crippen MR) is 87.6 cm³/mol. The molecule has 0 saturated heterocycles. The minimum Gasteiger partial charge on any atom is -0.352 e. The lowest BCUT2D eigenvalue weighted by atomic mass is 9.95. The van der Waals surface area contributed by atoms with Crippen molar-refractivity contribution in [3.05, 3.63) is 35.4 Å². The molecular formula is C18H26N2O2. The molecule has 1 aromatic rings. The molecule has 120 valence electrons. The van der Waals surface area contributed by atoms with Gasteiger partial charge in [-0.05, 0) is 43.2 Å². The molecule has 2 N–H and O–H groups in total. The summed E-state index contributed by atoms with van der Waals surface area (Å²) >= 11 is 0. The molecule has 1 aliphatic carbocycles. The Kier molecular flexibility index (Phi) is 5.58. The van der Waals surface area contributed by atoms with Crippen LogP contribution in [0.1, 0.15) is 50.7 Å². The molecule has 0 spiro atoms. The molecule has 2 rings (SSSR count). The van der Waals surface area contributed by atoms with Gasteiger partial charge in [0.25, 0.3) is 0 Å². The second kappa shape index (κ2) is 7.43. The summed E-state index contributed by atoms with van der Waals surface area (Å²) in [6.07, 6.45) is 3.11. The van der Waals surface area contributed by atoms with E-state index in [0.29, 0.717) is 12.0 Å². The van der Waals surface area contributed by atoms with Crippen LogP contribution in [0.25, 0.3) is 0 Å². The van der Waals surface area contributed by atoms with E-state index in [1.165, 1.54) is 5.56 Å². The highest BCUT2D eigenvalue weighted by Gasteiger charge is 2.23. The average molecular weight is 302 g/mol. The van der Waals surface area contributed by atoms with Crippen LogP contribution in [0.2, 0.25) is 0 Å². The molecule has 1 atom stereocenters.